The molecule has 0 aliphatic carbocycles. The number of carboxylic acid groups (broad SMARTS) is 1. The van der Waals surface area contributed by atoms with Crippen molar-refractivity contribution < 1.29 is 14.7 Å². The minimum atomic E-state index is -1.13. The van der Waals surface area contributed by atoms with E-state index in [0.29, 0.717) is 5.82 Å². The zero-order valence-corrected chi connectivity index (χ0v) is 13.3. The van der Waals surface area contributed by atoms with Crippen molar-refractivity contribution in [2.24, 2.45) is 5.92 Å². The Morgan fingerprint density at radius 3 is 2.61 bits per heavy atom. The first-order valence-electron chi connectivity index (χ1n) is 7.16. The molecule has 1 atom stereocenters. The van der Waals surface area contributed by atoms with Crippen molar-refractivity contribution in [3.63, 3.8) is 0 Å². The molecule has 0 aliphatic rings. The lowest BCUT2D eigenvalue weighted by atomic mass is 10.0. The molecule has 0 spiro atoms. The van der Waals surface area contributed by atoms with Crippen molar-refractivity contribution >= 4 is 17.7 Å². The van der Waals surface area contributed by atoms with Crippen LogP contribution in [0.4, 0.5) is 5.82 Å². The lowest BCUT2D eigenvalue weighted by Gasteiger charge is -2.16. The van der Waals surface area contributed by atoms with Crippen LogP contribution in [0.1, 0.15) is 25.8 Å². The van der Waals surface area contributed by atoms with E-state index in [1.165, 1.54) is 6.20 Å². The predicted molar refractivity (Wildman–Crippen MR) is 85.3 cm³/mol. The Morgan fingerprint density at radius 1 is 1.43 bits per heavy atom. The maximum atomic E-state index is 12.0. The molecule has 0 saturated heterocycles. The number of aliphatic carboxylic acids is 1. The Balaban J connectivity index is 2.77. The number of nitriles is 1. The normalized spacial score (nSPS) is 12.4. The highest BCUT2D eigenvalue weighted by Gasteiger charge is 2.22. The number of amides is 1. The van der Waals surface area contributed by atoms with Crippen LogP contribution in [0.5, 0.6) is 0 Å². The number of aryl methyl sites for hydroxylation is 1. The van der Waals surface area contributed by atoms with Crippen LogP contribution in [0.15, 0.2) is 30.1 Å². The van der Waals surface area contributed by atoms with Crippen LogP contribution < -0.4 is 10.6 Å². The van der Waals surface area contributed by atoms with Gasteiger partial charge in [-0.1, -0.05) is 19.9 Å². The minimum absolute atomic E-state index is 0.0980. The maximum absolute atomic E-state index is 12.0. The largest absolute Gasteiger partial charge is 0.480 e. The van der Waals surface area contributed by atoms with Gasteiger partial charge in [-0.3, -0.25) is 4.79 Å². The highest BCUT2D eigenvalue weighted by Crippen LogP contribution is 2.07. The molecule has 1 aromatic rings. The number of rotatable bonds is 7. The smallest absolute Gasteiger partial charge is 0.326 e. The van der Waals surface area contributed by atoms with E-state index in [9.17, 15) is 9.59 Å². The minimum Gasteiger partial charge on any atom is -0.480 e. The summed E-state index contributed by atoms with van der Waals surface area (Å²) >= 11 is 0. The van der Waals surface area contributed by atoms with Gasteiger partial charge < -0.3 is 15.7 Å². The number of carbonyl (C=O) groups excluding carboxylic acids is 1. The summed E-state index contributed by atoms with van der Waals surface area (Å²) < 4.78 is 0. The predicted octanol–water partition coefficient (Wildman–Crippen LogP) is 1.82. The SMILES string of the molecule is Cc1ccc(N/C=C(/C#N)C(=O)NC(CC(C)C)C(=O)O)nc1. The highest BCUT2D eigenvalue weighted by molar-refractivity contribution is 5.99. The molecule has 0 fully saturated rings. The average molecular weight is 316 g/mol. The summed E-state index contributed by atoms with van der Waals surface area (Å²) in [5.74, 6) is -1.29. The van der Waals surface area contributed by atoms with Gasteiger partial charge in [0.1, 0.15) is 23.5 Å². The van der Waals surface area contributed by atoms with Gasteiger partial charge in [0, 0.05) is 12.4 Å². The molecule has 1 unspecified atom stereocenters. The van der Waals surface area contributed by atoms with Crippen LogP contribution in [0.25, 0.3) is 0 Å². The van der Waals surface area contributed by atoms with Crippen molar-refractivity contribution in [3.8, 4) is 6.07 Å². The zero-order valence-electron chi connectivity index (χ0n) is 13.3. The summed E-state index contributed by atoms with van der Waals surface area (Å²) in [7, 11) is 0. The van der Waals surface area contributed by atoms with E-state index in [-0.39, 0.29) is 17.9 Å². The summed E-state index contributed by atoms with van der Waals surface area (Å²) in [6.07, 6.45) is 3.14. The first-order valence-corrected chi connectivity index (χ1v) is 7.16. The summed E-state index contributed by atoms with van der Waals surface area (Å²) in [5.41, 5.74) is 0.762. The quantitative estimate of drug-likeness (QED) is 0.522. The van der Waals surface area contributed by atoms with Crippen LogP contribution in [0, 0.1) is 24.2 Å². The first-order chi connectivity index (χ1) is 10.8. The van der Waals surface area contributed by atoms with Gasteiger partial charge in [-0.15, -0.1) is 0 Å². The van der Waals surface area contributed by atoms with Gasteiger partial charge in [0.05, 0.1) is 0 Å². The number of carbonyl (C=O) groups is 2. The summed E-state index contributed by atoms with van der Waals surface area (Å²) in [4.78, 5) is 27.3. The zero-order chi connectivity index (χ0) is 17.4. The Bertz CT molecular complexity index is 630. The first kappa shape index (κ1) is 18.2. The van der Waals surface area contributed by atoms with Gasteiger partial charge in [0.15, 0.2) is 0 Å². The van der Waals surface area contributed by atoms with Crippen molar-refractivity contribution in [1.82, 2.24) is 10.3 Å². The lowest BCUT2D eigenvalue weighted by molar-refractivity contribution is -0.141. The van der Waals surface area contributed by atoms with Gasteiger partial charge in [0.25, 0.3) is 5.91 Å². The molecule has 0 radical (unpaired) electrons. The van der Waals surface area contributed by atoms with Crippen molar-refractivity contribution in [2.75, 3.05) is 5.32 Å². The number of hydrogen-bond donors (Lipinski definition) is 3. The monoisotopic (exact) mass is 316 g/mol. The molecular weight excluding hydrogens is 296 g/mol. The number of aromatic nitrogens is 1. The molecule has 0 aromatic carbocycles. The molecule has 0 bridgehead atoms. The van der Waals surface area contributed by atoms with Crippen LogP contribution in [-0.4, -0.2) is 28.0 Å². The Hall–Kier alpha value is -2.88. The molecule has 1 aromatic heterocycles. The molecule has 23 heavy (non-hydrogen) atoms. The van der Waals surface area contributed by atoms with Gasteiger partial charge in [-0.05, 0) is 30.9 Å². The Kier molecular flexibility index (Phi) is 6.74. The molecule has 0 aliphatic heterocycles. The number of hydrogen-bond acceptors (Lipinski definition) is 5. The third-order valence-corrected chi connectivity index (χ3v) is 2.95. The lowest BCUT2D eigenvalue weighted by Crippen LogP contribution is -2.42. The van der Waals surface area contributed by atoms with E-state index in [4.69, 9.17) is 10.4 Å². The fourth-order valence-electron chi connectivity index (χ4n) is 1.78. The molecule has 1 rings (SSSR count). The van der Waals surface area contributed by atoms with Gasteiger partial charge >= 0.3 is 5.97 Å². The van der Waals surface area contributed by atoms with E-state index in [0.717, 1.165) is 5.56 Å². The van der Waals surface area contributed by atoms with E-state index >= 15 is 0 Å². The highest BCUT2D eigenvalue weighted by atomic mass is 16.4. The van der Waals surface area contributed by atoms with E-state index in [1.54, 1.807) is 18.3 Å². The topological polar surface area (TPSA) is 115 Å². The van der Waals surface area contributed by atoms with E-state index < -0.39 is 17.9 Å². The van der Waals surface area contributed by atoms with Crippen LogP contribution in [0.3, 0.4) is 0 Å². The van der Waals surface area contributed by atoms with Gasteiger partial charge in [0.2, 0.25) is 0 Å². The second kappa shape index (κ2) is 8.54. The molecule has 3 N–H and O–H groups in total. The molecule has 1 amide bonds. The standard InChI is InChI=1S/C16H20N4O3/c1-10(2)6-13(16(22)23)20-15(21)12(7-17)9-19-14-5-4-11(3)8-18-14/h4-5,8-10,13H,6H2,1-3H3,(H,18,19)(H,20,21)(H,22,23)/b12-9-. The average Bonchev–Trinajstić information content (AvgIpc) is 2.48. The Labute approximate surface area is 135 Å². The fourth-order valence-corrected chi connectivity index (χ4v) is 1.78. The molecule has 0 saturated carbocycles. The summed E-state index contributed by atoms with van der Waals surface area (Å²) in [6, 6.07) is 4.25. The molecule has 1 heterocycles. The summed E-state index contributed by atoms with van der Waals surface area (Å²) in [6.45, 7) is 5.60. The van der Waals surface area contributed by atoms with E-state index in [2.05, 4.69) is 15.6 Å². The number of pyridine rings is 1. The van der Waals surface area contributed by atoms with Crippen LogP contribution in [-0.2, 0) is 9.59 Å². The third-order valence-electron chi connectivity index (χ3n) is 2.95. The van der Waals surface area contributed by atoms with Crippen LogP contribution >= 0.6 is 0 Å². The van der Waals surface area contributed by atoms with Gasteiger partial charge in [-0.2, -0.15) is 5.26 Å². The molecule has 7 heteroatoms. The van der Waals surface area contributed by atoms with Crippen molar-refractivity contribution in [1.29, 1.82) is 5.26 Å². The second-order valence-corrected chi connectivity index (χ2v) is 5.53. The molecule has 7 nitrogen and oxygen atoms in total. The number of anilines is 1. The number of nitrogens with zero attached hydrogens (tertiary/aromatic N) is 2. The third kappa shape index (κ3) is 6.18. The maximum Gasteiger partial charge on any atom is 0.326 e. The fraction of sp³-hybridized carbons (Fsp3) is 0.375. The molecular formula is C16H20N4O3. The van der Waals surface area contributed by atoms with Gasteiger partial charge in [-0.25, -0.2) is 9.78 Å². The number of nitrogens with one attached hydrogen (secondary N) is 2. The summed E-state index contributed by atoms with van der Waals surface area (Å²) in [5, 5.41) is 23.3. The number of carboxylic acids is 1. The van der Waals surface area contributed by atoms with E-state index in [1.807, 2.05) is 26.8 Å². The molecule has 122 valence electrons. The Morgan fingerprint density at radius 2 is 2.13 bits per heavy atom. The second-order valence-electron chi connectivity index (χ2n) is 5.53. The van der Waals surface area contributed by atoms with Crippen LogP contribution in [0.2, 0.25) is 0 Å². The van der Waals surface area contributed by atoms with Crippen molar-refractivity contribution in [2.45, 2.75) is 33.2 Å². The van der Waals surface area contributed by atoms with Crippen molar-refractivity contribution in [3.05, 3.63) is 35.7 Å².